The van der Waals surface area contributed by atoms with Crippen LogP contribution in [0.1, 0.15) is 39.5 Å². The lowest BCUT2D eigenvalue weighted by atomic mass is 9.99. The zero-order valence-corrected chi connectivity index (χ0v) is 9.00. The molecule has 0 amide bonds. The number of aliphatic hydroxyl groups excluding tert-OH is 1. The van der Waals surface area contributed by atoms with Gasteiger partial charge in [-0.2, -0.15) is 0 Å². The number of nitrogens with zero attached hydrogens (tertiary/aromatic N) is 1. The number of aliphatic hydroxyl groups is 1. The first-order valence-electron chi connectivity index (χ1n) is 5.59. The molecule has 1 atom stereocenters. The van der Waals surface area contributed by atoms with Gasteiger partial charge in [0.25, 0.3) is 0 Å². The second kappa shape index (κ2) is 5.61. The highest BCUT2D eigenvalue weighted by atomic mass is 16.3. The van der Waals surface area contributed by atoms with Crippen LogP contribution < -0.4 is 0 Å². The third-order valence-corrected chi connectivity index (χ3v) is 2.97. The van der Waals surface area contributed by atoms with E-state index in [9.17, 15) is 0 Å². The molecule has 1 saturated heterocycles. The van der Waals surface area contributed by atoms with E-state index in [1.165, 1.54) is 32.5 Å². The Bertz CT molecular complexity index is 128. The van der Waals surface area contributed by atoms with E-state index in [0.29, 0.717) is 0 Å². The SMILES string of the molecule is CC(O)CCCN1CCC(C)CC1. The molecule has 1 fully saturated rings. The summed E-state index contributed by atoms with van der Waals surface area (Å²) in [5.74, 6) is 0.924. The summed E-state index contributed by atoms with van der Waals surface area (Å²) in [5.41, 5.74) is 0. The smallest absolute Gasteiger partial charge is 0.0512 e. The fraction of sp³-hybridized carbons (Fsp3) is 1.00. The van der Waals surface area contributed by atoms with Crippen molar-refractivity contribution in [3.05, 3.63) is 0 Å². The molecular formula is C11H23NO. The van der Waals surface area contributed by atoms with E-state index >= 15 is 0 Å². The summed E-state index contributed by atoms with van der Waals surface area (Å²) < 4.78 is 0. The van der Waals surface area contributed by atoms with Crippen molar-refractivity contribution in [2.24, 2.45) is 5.92 Å². The zero-order valence-electron chi connectivity index (χ0n) is 9.00. The fourth-order valence-corrected chi connectivity index (χ4v) is 1.90. The van der Waals surface area contributed by atoms with Gasteiger partial charge in [0.05, 0.1) is 6.10 Å². The summed E-state index contributed by atoms with van der Waals surface area (Å²) in [6.07, 6.45) is 4.69. The lowest BCUT2D eigenvalue weighted by Crippen LogP contribution is -2.33. The molecule has 2 heteroatoms. The van der Waals surface area contributed by atoms with Crippen LogP contribution in [-0.2, 0) is 0 Å². The first-order valence-corrected chi connectivity index (χ1v) is 5.59. The highest BCUT2D eigenvalue weighted by Crippen LogP contribution is 2.16. The predicted molar refractivity (Wildman–Crippen MR) is 55.8 cm³/mol. The quantitative estimate of drug-likeness (QED) is 0.723. The van der Waals surface area contributed by atoms with Crippen molar-refractivity contribution in [2.45, 2.75) is 45.6 Å². The molecule has 0 bridgehead atoms. The Labute approximate surface area is 81.9 Å². The monoisotopic (exact) mass is 185 g/mol. The maximum absolute atomic E-state index is 9.11. The Morgan fingerprint density at radius 1 is 1.38 bits per heavy atom. The van der Waals surface area contributed by atoms with E-state index in [1.807, 2.05) is 6.92 Å². The Hall–Kier alpha value is -0.0800. The van der Waals surface area contributed by atoms with E-state index < -0.39 is 0 Å². The van der Waals surface area contributed by atoms with Crippen molar-refractivity contribution in [2.75, 3.05) is 19.6 Å². The molecule has 0 aromatic carbocycles. The van der Waals surface area contributed by atoms with Gasteiger partial charge in [-0.25, -0.2) is 0 Å². The number of hydrogen-bond donors (Lipinski definition) is 1. The molecule has 1 heterocycles. The van der Waals surface area contributed by atoms with Gasteiger partial charge >= 0.3 is 0 Å². The Kier molecular flexibility index (Phi) is 4.74. The molecular weight excluding hydrogens is 162 g/mol. The molecule has 13 heavy (non-hydrogen) atoms. The maximum Gasteiger partial charge on any atom is 0.0512 e. The molecule has 0 aliphatic carbocycles. The van der Waals surface area contributed by atoms with Crippen molar-refractivity contribution < 1.29 is 5.11 Å². The molecule has 0 saturated carbocycles. The van der Waals surface area contributed by atoms with Crippen molar-refractivity contribution in [1.29, 1.82) is 0 Å². The fourth-order valence-electron chi connectivity index (χ4n) is 1.90. The van der Waals surface area contributed by atoms with Gasteiger partial charge in [0.1, 0.15) is 0 Å². The van der Waals surface area contributed by atoms with E-state index in [2.05, 4.69) is 11.8 Å². The number of piperidine rings is 1. The highest BCUT2D eigenvalue weighted by molar-refractivity contribution is 4.69. The summed E-state index contributed by atoms with van der Waals surface area (Å²) in [6.45, 7) is 7.92. The lowest BCUT2D eigenvalue weighted by Gasteiger charge is -2.30. The van der Waals surface area contributed by atoms with Crippen LogP contribution in [0.25, 0.3) is 0 Å². The number of likely N-dealkylation sites (tertiary alicyclic amines) is 1. The van der Waals surface area contributed by atoms with Crippen LogP contribution in [-0.4, -0.2) is 35.7 Å². The Morgan fingerprint density at radius 2 is 2.00 bits per heavy atom. The normalized spacial score (nSPS) is 23.3. The summed E-state index contributed by atoms with van der Waals surface area (Å²) in [4.78, 5) is 2.53. The lowest BCUT2D eigenvalue weighted by molar-refractivity contribution is 0.155. The van der Waals surface area contributed by atoms with Gasteiger partial charge in [-0.1, -0.05) is 6.92 Å². The molecule has 1 aliphatic heterocycles. The van der Waals surface area contributed by atoms with Gasteiger partial charge in [0.15, 0.2) is 0 Å². The summed E-state index contributed by atoms with van der Waals surface area (Å²) in [6, 6.07) is 0. The molecule has 0 radical (unpaired) electrons. The van der Waals surface area contributed by atoms with E-state index in [1.54, 1.807) is 0 Å². The van der Waals surface area contributed by atoms with Crippen LogP contribution in [0.3, 0.4) is 0 Å². The second-order valence-corrected chi connectivity index (χ2v) is 4.52. The Morgan fingerprint density at radius 3 is 2.54 bits per heavy atom. The van der Waals surface area contributed by atoms with Gasteiger partial charge in [-0.05, 0) is 58.2 Å². The molecule has 0 aromatic rings. The zero-order chi connectivity index (χ0) is 9.68. The average molecular weight is 185 g/mol. The van der Waals surface area contributed by atoms with Crippen molar-refractivity contribution >= 4 is 0 Å². The van der Waals surface area contributed by atoms with Crippen LogP contribution >= 0.6 is 0 Å². The van der Waals surface area contributed by atoms with E-state index in [-0.39, 0.29) is 6.10 Å². The first-order chi connectivity index (χ1) is 6.18. The van der Waals surface area contributed by atoms with E-state index in [4.69, 9.17) is 5.11 Å². The van der Waals surface area contributed by atoms with Gasteiger partial charge < -0.3 is 10.0 Å². The summed E-state index contributed by atoms with van der Waals surface area (Å²) >= 11 is 0. The molecule has 0 spiro atoms. The first kappa shape index (κ1) is 11.0. The minimum atomic E-state index is -0.122. The van der Waals surface area contributed by atoms with Gasteiger partial charge in [-0.15, -0.1) is 0 Å². The molecule has 1 aliphatic rings. The van der Waals surface area contributed by atoms with Gasteiger partial charge in [0, 0.05) is 0 Å². The largest absolute Gasteiger partial charge is 0.393 e. The Balaban J connectivity index is 2.02. The standard InChI is InChI=1S/C11H23NO/c1-10-5-8-12(9-6-10)7-3-4-11(2)13/h10-11,13H,3-9H2,1-2H3. The minimum Gasteiger partial charge on any atom is -0.393 e. The average Bonchev–Trinajstić information content (AvgIpc) is 2.08. The number of hydrogen-bond acceptors (Lipinski definition) is 2. The van der Waals surface area contributed by atoms with Crippen molar-refractivity contribution in [1.82, 2.24) is 4.90 Å². The highest BCUT2D eigenvalue weighted by Gasteiger charge is 2.14. The molecule has 1 unspecified atom stereocenters. The topological polar surface area (TPSA) is 23.5 Å². The van der Waals surface area contributed by atoms with Crippen LogP contribution in [0, 0.1) is 5.92 Å². The van der Waals surface area contributed by atoms with Crippen LogP contribution in [0.5, 0.6) is 0 Å². The van der Waals surface area contributed by atoms with Gasteiger partial charge in [-0.3, -0.25) is 0 Å². The second-order valence-electron chi connectivity index (χ2n) is 4.52. The third-order valence-electron chi connectivity index (χ3n) is 2.97. The molecule has 2 nitrogen and oxygen atoms in total. The molecule has 0 aromatic heterocycles. The molecule has 1 N–H and O–H groups in total. The van der Waals surface area contributed by atoms with Gasteiger partial charge in [0.2, 0.25) is 0 Å². The predicted octanol–water partition coefficient (Wildman–Crippen LogP) is 1.88. The van der Waals surface area contributed by atoms with Crippen LogP contribution in [0.2, 0.25) is 0 Å². The number of rotatable bonds is 4. The minimum absolute atomic E-state index is 0.122. The summed E-state index contributed by atoms with van der Waals surface area (Å²) in [5, 5.41) is 9.11. The van der Waals surface area contributed by atoms with Crippen molar-refractivity contribution in [3.63, 3.8) is 0 Å². The maximum atomic E-state index is 9.11. The molecule has 1 rings (SSSR count). The third kappa shape index (κ3) is 4.63. The van der Waals surface area contributed by atoms with Crippen LogP contribution in [0.4, 0.5) is 0 Å². The van der Waals surface area contributed by atoms with Crippen LogP contribution in [0.15, 0.2) is 0 Å². The molecule has 78 valence electrons. The van der Waals surface area contributed by atoms with E-state index in [0.717, 1.165) is 18.8 Å². The van der Waals surface area contributed by atoms with Crippen molar-refractivity contribution in [3.8, 4) is 0 Å². The summed E-state index contributed by atoms with van der Waals surface area (Å²) in [7, 11) is 0.